The summed E-state index contributed by atoms with van der Waals surface area (Å²) in [6.07, 6.45) is 1.48. The largest absolute Gasteiger partial charge is 0.497 e. The van der Waals surface area contributed by atoms with E-state index in [4.69, 9.17) is 14.2 Å². The lowest BCUT2D eigenvalue weighted by atomic mass is 10.1. The fourth-order valence-corrected chi connectivity index (χ4v) is 3.41. The van der Waals surface area contributed by atoms with E-state index < -0.39 is 5.91 Å². The molecule has 2 amide bonds. The molecule has 0 heterocycles. The molecule has 0 aliphatic carbocycles. The predicted octanol–water partition coefficient (Wildman–Crippen LogP) is 5.27. The summed E-state index contributed by atoms with van der Waals surface area (Å²) >= 11 is 0. The van der Waals surface area contributed by atoms with Gasteiger partial charge in [0.15, 0.2) is 18.1 Å². The molecule has 0 aliphatic rings. The van der Waals surface area contributed by atoms with Crippen LogP contribution in [0, 0.1) is 25.2 Å². The number of anilines is 2. The van der Waals surface area contributed by atoms with E-state index in [1.807, 2.05) is 39.0 Å². The zero-order valence-corrected chi connectivity index (χ0v) is 21.3. The molecular weight excluding hydrogens is 470 g/mol. The van der Waals surface area contributed by atoms with E-state index in [1.54, 1.807) is 55.6 Å². The fourth-order valence-electron chi connectivity index (χ4n) is 3.41. The van der Waals surface area contributed by atoms with Crippen LogP contribution >= 0.6 is 0 Å². The van der Waals surface area contributed by atoms with Crippen LogP contribution < -0.4 is 24.8 Å². The van der Waals surface area contributed by atoms with Crippen molar-refractivity contribution in [3.8, 4) is 23.3 Å². The van der Waals surface area contributed by atoms with Crippen LogP contribution in [0.4, 0.5) is 11.4 Å². The van der Waals surface area contributed by atoms with Crippen molar-refractivity contribution < 1.29 is 23.8 Å². The number of hydrogen-bond acceptors (Lipinski definition) is 6. The quantitative estimate of drug-likeness (QED) is 0.290. The van der Waals surface area contributed by atoms with Crippen LogP contribution in [0.1, 0.15) is 23.6 Å². The molecule has 8 nitrogen and oxygen atoms in total. The summed E-state index contributed by atoms with van der Waals surface area (Å²) in [5, 5.41) is 15.1. The third kappa shape index (κ3) is 7.36. The Kier molecular flexibility index (Phi) is 9.28. The molecule has 0 fully saturated rings. The highest BCUT2D eigenvalue weighted by molar-refractivity contribution is 6.10. The number of rotatable bonds is 10. The van der Waals surface area contributed by atoms with Gasteiger partial charge in [-0.3, -0.25) is 9.59 Å². The molecule has 0 aliphatic heterocycles. The molecule has 3 aromatic rings. The molecule has 8 heteroatoms. The monoisotopic (exact) mass is 499 g/mol. The Morgan fingerprint density at radius 3 is 2.41 bits per heavy atom. The number of nitrogens with one attached hydrogen (secondary N) is 2. The van der Waals surface area contributed by atoms with Gasteiger partial charge in [-0.1, -0.05) is 18.2 Å². The Balaban J connectivity index is 1.71. The maximum absolute atomic E-state index is 12.7. The number of nitrogens with zero attached hydrogens (tertiary/aromatic N) is 1. The molecule has 3 aromatic carbocycles. The summed E-state index contributed by atoms with van der Waals surface area (Å²) in [6, 6.07) is 19.5. The number of nitriles is 1. The molecule has 0 spiro atoms. The number of benzene rings is 3. The SMILES string of the molecule is CCOc1cc(/C=C(/C#N)C(=O)Nc2cccc(C)c2C)ccc1OCC(=O)Nc1ccc(OC)cc1. The van der Waals surface area contributed by atoms with Crippen molar-refractivity contribution in [1.82, 2.24) is 0 Å². The van der Waals surface area contributed by atoms with Gasteiger partial charge in [-0.2, -0.15) is 5.26 Å². The van der Waals surface area contributed by atoms with Gasteiger partial charge in [0.2, 0.25) is 0 Å². The van der Waals surface area contributed by atoms with E-state index in [9.17, 15) is 14.9 Å². The van der Waals surface area contributed by atoms with Gasteiger partial charge >= 0.3 is 0 Å². The normalized spacial score (nSPS) is 10.7. The number of ether oxygens (including phenoxy) is 3. The Hall–Kier alpha value is -4.77. The number of hydrogen-bond donors (Lipinski definition) is 2. The molecule has 0 bridgehead atoms. The highest BCUT2D eigenvalue weighted by atomic mass is 16.5. The summed E-state index contributed by atoms with van der Waals surface area (Å²) in [5.41, 5.74) is 3.75. The molecule has 2 N–H and O–H groups in total. The van der Waals surface area contributed by atoms with Crippen molar-refractivity contribution in [3.05, 3.63) is 82.9 Å². The van der Waals surface area contributed by atoms with Crippen LogP contribution in [0.15, 0.2) is 66.2 Å². The number of carbonyl (C=O) groups excluding carboxylic acids is 2. The first-order chi connectivity index (χ1) is 17.8. The summed E-state index contributed by atoms with van der Waals surface area (Å²) in [6.45, 7) is 5.81. The van der Waals surface area contributed by atoms with Crippen molar-refractivity contribution in [3.63, 3.8) is 0 Å². The van der Waals surface area contributed by atoms with Gasteiger partial charge < -0.3 is 24.8 Å². The fraction of sp³-hybridized carbons (Fsp3) is 0.207. The Morgan fingerprint density at radius 1 is 0.973 bits per heavy atom. The second-order valence-electron chi connectivity index (χ2n) is 8.08. The van der Waals surface area contributed by atoms with Gasteiger partial charge in [-0.15, -0.1) is 0 Å². The van der Waals surface area contributed by atoms with Crippen molar-refractivity contribution in [2.24, 2.45) is 0 Å². The van der Waals surface area contributed by atoms with Crippen molar-refractivity contribution >= 4 is 29.3 Å². The van der Waals surface area contributed by atoms with E-state index >= 15 is 0 Å². The zero-order chi connectivity index (χ0) is 26.8. The van der Waals surface area contributed by atoms with Crippen LogP contribution in [0.25, 0.3) is 6.08 Å². The lowest BCUT2D eigenvalue weighted by Gasteiger charge is -2.13. The van der Waals surface area contributed by atoms with Crippen LogP contribution in [-0.4, -0.2) is 32.1 Å². The summed E-state index contributed by atoms with van der Waals surface area (Å²) in [5.74, 6) is 0.589. The molecular formula is C29H29N3O5. The number of carbonyl (C=O) groups is 2. The maximum atomic E-state index is 12.7. The van der Waals surface area contributed by atoms with Crippen molar-refractivity contribution in [2.45, 2.75) is 20.8 Å². The topological polar surface area (TPSA) is 110 Å². The Morgan fingerprint density at radius 2 is 1.73 bits per heavy atom. The average molecular weight is 500 g/mol. The lowest BCUT2D eigenvalue weighted by Crippen LogP contribution is -2.20. The highest BCUT2D eigenvalue weighted by Gasteiger charge is 2.14. The van der Waals surface area contributed by atoms with E-state index in [0.717, 1.165) is 11.1 Å². The Bertz CT molecular complexity index is 1340. The second kappa shape index (κ2) is 12.8. The number of methoxy groups -OCH3 is 1. The van der Waals surface area contributed by atoms with Gasteiger partial charge in [0, 0.05) is 11.4 Å². The molecule has 0 saturated heterocycles. The summed E-state index contributed by atoms with van der Waals surface area (Å²) in [7, 11) is 1.57. The van der Waals surface area contributed by atoms with Crippen LogP contribution in [0.5, 0.6) is 17.2 Å². The molecule has 190 valence electrons. The first kappa shape index (κ1) is 26.8. The van der Waals surface area contributed by atoms with E-state index in [2.05, 4.69) is 10.6 Å². The van der Waals surface area contributed by atoms with Crippen LogP contribution in [0.3, 0.4) is 0 Å². The number of amides is 2. The molecule has 0 atom stereocenters. The van der Waals surface area contributed by atoms with Gasteiger partial charge in [-0.25, -0.2) is 0 Å². The maximum Gasteiger partial charge on any atom is 0.266 e. The minimum atomic E-state index is -0.510. The number of aryl methyl sites for hydroxylation is 1. The average Bonchev–Trinajstić information content (AvgIpc) is 2.90. The van der Waals surface area contributed by atoms with Crippen molar-refractivity contribution in [1.29, 1.82) is 5.26 Å². The molecule has 37 heavy (non-hydrogen) atoms. The van der Waals surface area contributed by atoms with Gasteiger partial charge in [0.1, 0.15) is 17.4 Å². The summed E-state index contributed by atoms with van der Waals surface area (Å²) < 4.78 is 16.5. The van der Waals surface area contributed by atoms with Crippen LogP contribution in [0.2, 0.25) is 0 Å². The zero-order valence-electron chi connectivity index (χ0n) is 21.3. The molecule has 0 saturated carbocycles. The first-order valence-electron chi connectivity index (χ1n) is 11.7. The summed E-state index contributed by atoms with van der Waals surface area (Å²) in [4.78, 5) is 25.1. The van der Waals surface area contributed by atoms with E-state index in [1.165, 1.54) is 6.08 Å². The van der Waals surface area contributed by atoms with E-state index in [-0.39, 0.29) is 18.1 Å². The molecule has 0 aromatic heterocycles. The molecule has 0 radical (unpaired) electrons. The minimum Gasteiger partial charge on any atom is -0.497 e. The van der Waals surface area contributed by atoms with Gasteiger partial charge in [0.25, 0.3) is 11.8 Å². The van der Waals surface area contributed by atoms with E-state index in [0.29, 0.717) is 40.8 Å². The standard InChI is InChI=1S/C29H29N3O5/c1-5-36-27-16-21(15-22(17-30)29(34)32-25-8-6-7-19(2)20(25)3)9-14-26(27)37-18-28(33)31-23-10-12-24(35-4)13-11-23/h6-16H,5,18H2,1-4H3,(H,31,33)(H,32,34)/b22-15-. The third-order valence-corrected chi connectivity index (χ3v) is 5.53. The van der Waals surface area contributed by atoms with Crippen LogP contribution in [-0.2, 0) is 9.59 Å². The van der Waals surface area contributed by atoms with Gasteiger partial charge in [0.05, 0.1) is 13.7 Å². The molecule has 0 unspecified atom stereocenters. The Labute approximate surface area is 216 Å². The highest BCUT2D eigenvalue weighted by Crippen LogP contribution is 2.30. The van der Waals surface area contributed by atoms with Gasteiger partial charge in [-0.05, 0) is 86.0 Å². The smallest absolute Gasteiger partial charge is 0.266 e. The lowest BCUT2D eigenvalue weighted by molar-refractivity contribution is -0.118. The second-order valence-corrected chi connectivity index (χ2v) is 8.08. The molecule has 3 rings (SSSR count). The minimum absolute atomic E-state index is 0.0594. The predicted molar refractivity (Wildman–Crippen MR) is 143 cm³/mol. The first-order valence-corrected chi connectivity index (χ1v) is 11.7. The van der Waals surface area contributed by atoms with Crippen molar-refractivity contribution in [2.75, 3.05) is 31.0 Å². The third-order valence-electron chi connectivity index (χ3n) is 5.53.